The molecule has 0 unspecified atom stereocenters. The number of nitrogens with one attached hydrogen (secondary N) is 2. The van der Waals surface area contributed by atoms with Crippen molar-refractivity contribution in [2.75, 3.05) is 36.5 Å². The molecule has 37 heavy (non-hydrogen) atoms. The predicted molar refractivity (Wildman–Crippen MR) is 125 cm³/mol. The fourth-order valence-electron chi connectivity index (χ4n) is 3.74. The lowest BCUT2D eigenvalue weighted by Crippen LogP contribution is -2.36. The summed E-state index contributed by atoms with van der Waals surface area (Å²) in [5.41, 5.74) is -0.983. The highest BCUT2D eigenvalue weighted by Gasteiger charge is 2.36. The van der Waals surface area contributed by atoms with Crippen LogP contribution in [0.15, 0.2) is 48.5 Å². The maximum Gasteiger partial charge on any atom is 0.419 e. The monoisotopic (exact) mass is 516 g/mol. The number of hydrogen-bond acceptors (Lipinski definition) is 9. The number of aromatic amines is 1. The van der Waals surface area contributed by atoms with E-state index in [9.17, 15) is 22.8 Å². The molecule has 3 aromatic rings. The van der Waals surface area contributed by atoms with Crippen LogP contribution in [0.5, 0.6) is 0 Å². The van der Waals surface area contributed by atoms with Gasteiger partial charge in [0, 0.05) is 42.5 Å². The second kappa shape index (κ2) is 10.6. The number of carbonyl (C=O) groups excluding carboxylic acids is 2. The van der Waals surface area contributed by atoms with Gasteiger partial charge in [-0.15, -0.1) is 0 Å². The van der Waals surface area contributed by atoms with E-state index in [2.05, 4.69) is 25.3 Å². The van der Waals surface area contributed by atoms with Crippen LogP contribution >= 0.6 is 0 Å². The standard InChI is InChI=1S/C22H17F3N6O3.CH2O2/c23-22(24,25)15-11-27-21(28-16-9-12(32)1-3-17(16)33)30-19(15)14-10-26-20-13(14)2-4-18(29-20)31-5-7-34-8-6-31;2-1-3/h1-4,9-11H,5-8H2,(H,26,29)(H,27,28,30);1H,(H,2,3). The molecule has 1 saturated heterocycles. The van der Waals surface area contributed by atoms with Crippen molar-refractivity contribution in [1.82, 2.24) is 19.9 Å². The van der Waals surface area contributed by atoms with Crippen molar-refractivity contribution in [3.8, 4) is 11.3 Å². The quantitative estimate of drug-likeness (QED) is 0.349. The van der Waals surface area contributed by atoms with Crippen molar-refractivity contribution in [3.63, 3.8) is 0 Å². The summed E-state index contributed by atoms with van der Waals surface area (Å²) in [5, 5.41) is 9.88. The number of morpholine rings is 1. The maximum atomic E-state index is 13.8. The van der Waals surface area contributed by atoms with E-state index in [0.717, 1.165) is 18.2 Å². The normalized spacial score (nSPS) is 15.8. The molecule has 1 aliphatic carbocycles. The van der Waals surface area contributed by atoms with Crippen molar-refractivity contribution in [1.29, 1.82) is 0 Å². The fourth-order valence-corrected chi connectivity index (χ4v) is 3.74. The Kier molecular flexibility index (Phi) is 7.29. The van der Waals surface area contributed by atoms with Crippen LogP contribution in [0.2, 0.25) is 0 Å². The van der Waals surface area contributed by atoms with E-state index in [1.54, 1.807) is 12.1 Å². The zero-order valence-corrected chi connectivity index (χ0v) is 19.0. The highest BCUT2D eigenvalue weighted by molar-refractivity contribution is 6.18. The number of fused-ring (bicyclic) bond motifs is 1. The minimum atomic E-state index is -4.72. The van der Waals surface area contributed by atoms with E-state index in [0.29, 0.717) is 49.4 Å². The molecule has 3 N–H and O–H groups in total. The molecule has 11 nitrogen and oxygen atoms in total. The summed E-state index contributed by atoms with van der Waals surface area (Å²) < 4.78 is 46.7. The lowest BCUT2D eigenvalue weighted by atomic mass is 10.1. The number of anilines is 2. The number of hydrogen-bond donors (Lipinski definition) is 3. The van der Waals surface area contributed by atoms with Gasteiger partial charge < -0.3 is 25.0 Å². The van der Waals surface area contributed by atoms with E-state index in [1.165, 1.54) is 6.20 Å². The molecule has 1 fully saturated rings. The number of allylic oxidation sites excluding steroid dienone is 3. The number of nitrogens with zero attached hydrogens (tertiary/aromatic N) is 4. The number of ketones is 2. The number of halogens is 3. The Labute approximate surface area is 206 Å². The molecule has 0 spiro atoms. The van der Waals surface area contributed by atoms with E-state index >= 15 is 0 Å². The van der Waals surface area contributed by atoms with E-state index in [4.69, 9.17) is 14.6 Å². The molecule has 0 atom stereocenters. The molecule has 0 saturated carbocycles. The summed E-state index contributed by atoms with van der Waals surface area (Å²) in [4.78, 5) is 49.2. The van der Waals surface area contributed by atoms with Crippen molar-refractivity contribution < 1.29 is 37.4 Å². The number of rotatable bonds is 4. The van der Waals surface area contributed by atoms with Crippen molar-refractivity contribution in [3.05, 3.63) is 54.0 Å². The van der Waals surface area contributed by atoms with E-state index in [-0.39, 0.29) is 29.4 Å². The largest absolute Gasteiger partial charge is 0.483 e. The van der Waals surface area contributed by atoms with Crippen molar-refractivity contribution >= 4 is 40.8 Å². The van der Waals surface area contributed by atoms with Gasteiger partial charge in [0.1, 0.15) is 17.0 Å². The zero-order chi connectivity index (χ0) is 26.6. The van der Waals surface area contributed by atoms with Crippen LogP contribution in [0.1, 0.15) is 5.56 Å². The first-order valence-corrected chi connectivity index (χ1v) is 10.8. The maximum absolute atomic E-state index is 13.8. The molecule has 2 aliphatic rings. The molecular weight excluding hydrogens is 497 g/mol. The van der Waals surface area contributed by atoms with E-state index in [1.807, 2.05) is 4.90 Å². The Hall–Kier alpha value is -4.59. The number of pyridine rings is 1. The molecule has 3 aromatic heterocycles. The minimum Gasteiger partial charge on any atom is -0.483 e. The Balaban J connectivity index is 0.00000102. The Morgan fingerprint density at radius 3 is 2.57 bits per heavy atom. The van der Waals surface area contributed by atoms with Crippen LogP contribution in [0, 0.1) is 0 Å². The van der Waals surface area contributed by atoms with Crippen LogP contribution in [-0.4, -0.2) is 69.4 Å². The Morgan fingerprint density at radius 2 is 1.86 bits per heavy atom. The first-order chi connectivity index (χ1) is 17.7. The van der Waals surface area contributed by atoms with Crippen LogP contribution in [0.3, 0.4) is 0 Å². The molecular formula is C23H19F3N6O5. The van der Waals surface area contributed by atoms with Gasteiger partial charge in [-0.25, -0.2) is 15.0 Å². The molecule has 14 heteroatoms. The second-order valence-electron chi connectivity index (χ2n) is 7.71. The second-order valence-corrected chi connectivity index (χ2v) is 7.71. The topological polar surface area (TPSA) is 150 Å². The Morgan fingerprint density at radius 1 is 1.14 bits per heavy atom. The number of carboxylic acid groups (broad SMARTS) is 1. The molecule has 0 aromatic carbocycles. The number of aromatic nitrogens is 4. The third-order valence-corrected chi connectivity index (χ3v) is 5.41. The number of carbonyl (C=O) groups is 3. The molecule has 5 rings (SSSR count). The third-order valence-electron chi connectivity index (χ3n) is 5.41. The zero-order valence-electron chi connectivity index (χ0n) is 19.0. The average Bonchev–Trinajstić information content (AvgIpc) is 3.30. The van der Waals surface area contributed by atoms with Gasteiger partial charge in [0.05, 0.1) is 24.6 Å². The molecule has 1 aliphatic heterocycles. The van der Waals surface area contributed by atoms with Gasteiger partial charge in [-0.2, -0.15) is 13.2 Å². The van der Waals surface area contributed by atoms with Gasteiger partial charge >= 0.3 is 6.18 Å². The van der Waals surface area contributed by atoms with Gasteiger partial charge in [0.15, 0.2) is 5.78 Å². The highest BCUT2D eigenvalue weighted by atomic mass is 19.4. The van der Waals surface area contributed by atoms with Crippen molar-refractivity contribution in [2.24, 2.45) is 0 Å². The predicted octanol–water partition coefficient (Wildman–Crippen LogP) is 2.58. The van der Waals surface area contributed by atoms with Crippen LogP contribution in [0.25, 0.3) is 22.3 Å². The molecule has 192 valence electrons. The van der Waals surface area contributed by atoms with Crippen molar-refractivity contribution in [2.45, 2.75) is 6.18 Å². The van der Waals surface area contributed by atoms with Gasteiger partial charge in [-0.1, -0.05) is 0 Å². The van der Waals surface area contributed by atoms with Gasteiger partial charge in [0.25, 0.3) is 6.47 Å². The lowest BCUT2D eigenvalue weighted by molar-refractivity contribution is -0.137. The minimum absolute atomic E-state index is 0.131. The first kappa shape index (κ1) is 25.5. The summed E-state index contributed by atoms with van der Waals surface area (Å²) >= 11 is 0. The number of H-pyrrole nitrogens is 1. The molecule has 4 heterocycles. The number of ether oxygens (including phenoxy) is 1. The van der Waals surface area contributed by atoms with Crippen LogP contribution < -0.4 is 10.2 Å². The SMILES string of the molecule is O=C1C=CC(=O)C(Nc2ncc(C(F)(F)F)c(-c3c[nH]c4nc(N5CCOCC5)ccc34)n2)=C1.O=CO. The summed E-state index contributed by atoms with van der Waals surface area (Å²) in [6.45, 7) is 2.22. The molecule has 0 amide bonds. The summed E-state index contributed by atoms with van der Waals surface area (Å²) in [5.74, 6) is -0.520. The number of alkyl halides is 3. The fraction of sp³-hybridized carbons (Fsp3) is 0.217. The van der Waals surface area contributed by atoms with Crippen LogP contribution in [0.4, 0.5) is 24.9 Å². The van der Waals surface area contributed by atoms with Crippen LogP contribution in [-0.2, 0) is 25.3 Å². The van der Waals surface area contributed by atoms with Gasteiger partial charge in [-0.3, -0.25) is 14.4 Å². The van der Waals surface area contributed by atoms with Gasteiger partial charge in [0.2, 0.25) is 11.7 Å². The molecule has 0 bridgehead atoms. The first-order valence-electron chi connectivity index (χ1n) is 10.8. The van der Waals surface area contributed by atoms with E-state index < -0.39 is 23.3 Å². The third kappa shape index (κ3) is 5.64. The van der Waals surface area contributed by atoms with Gasteiger partial charge in [-0.05, 0) is 24.3 Å². The molecule has 0 radical (unpaired) electrons. The lowest BCUT2D eigenvalue weighted by Gasteiger charge is -2.27. The summed E-state index contributed by atoms with van der Waals surface area (Å²) in [6.07, 6.45) is 0.511. The smallest absolute Gasteiger partial charge is 0.419 e. The summed E-state index contributed by atoms with van der Waals surface area (Å²) in [7, 11) is 0. The highest BCUT2D eigenvalue weighted by Crippen LogP contribution is 2.38. The summed E-state index contributed by atoms with van der Waals surface area (Å²) in [6, 6.07) is 3.42. The Bertz CT molecular complexity index is 1410. The average molecular weight is 516 g/mol.